The number of ether oxygens (including phenoxy) is 1. The molecule has 0 aromatic heterocycles. The molecule has 1 aromatic carbocycles. The van der Waals surface area contributed by atoms with Gasteiger partial charge in [0.2, 0.25) is 0 Å². The molecule has 1 saturated heterocycles. The molecule has 2 rings (SSSR count). The summed E-state index contributed by atoms with van der Waals surface area (Å²) in [5, 5.41) is 5.18. The van der Waals surface area contributed by atoms with Gasteiger partial charge in [-0.15, -0.1) is 12.4 Å². The Labute approximate surface area is 159 Å². The van der Waals surface area contributed by atoms with Gasteiger partial charge in [0.15, 0.2) is 6.61 Å². The monoisotopic (exact) mass is 419 g/mol. The lowest BCUT2D eigenvalue weighted by atomic mass is 10.2. The van der Waals surface area contributed by atoms with Crippen LogP contribution in [0.5, 0.6) is 5.75 Å². The van der Waals surface area contributed by atoms with Crippen LogP contribution < -0.4 is 15.4 Å². The number of hydrogen-bond donors (Lipinski definition) is 2. The predicted octanol–water partition coefficient (Wildman–Crippen LogP) is 2.23. The molecular weight excluding hydrogens is 401 g/mol. The summed E-state index contributed by atoms with van der Waals surface area (Å²) in [6.07, 6.45) is -4.45. The first kappa shape index (κ1) is 22.8. The largest absolute Gasteiger partial charge is 0.482 e. The zero-order valence-corrected chi connectivity index (χ0v) is 15.2. The van der Waals surface area contributed by atoms with E-state index in [2.05, 4.69) is 10.6 Å². The number of hydrogen-bond acceptors (Lipinski definition) is 4. The lowest BCUT2D eigenvalue weighted by Gasteiger charge is -2.35. The third kappa shape index (κ3) is 6.79. The minimum absolute atomic E-state index is 0. The second-order valence-electron chi connectivity index (χ2n) is 5.51. The molecule has 0 radical (unpaired) electrons. The molecule has 0 bridgehead atoms. The zero-order valence-electron chi connectivity index (χ0n) is 13.6. The molecule has 1 atom stereocenters. The van der Waals surface area contributed by atoms with E-state index in [0.29, 0.717) is 13.1 Å². The molecule has 0 saturated carbocycles. The fourth-order valence-electron chi connectivity index (χ4n) is 2.44. The highest BCUT2D eigenvalue weighted by Gasteiger charge is 2.43. The molecule has 0 spiro atoms. The maximum absolute atomic E-state index is 13.2. The fraction of sp³-hybridized carbons (Fsp3) is 0.533. The normalized spacial score (nSPS) is 16.5. The van der Waals surface area contributed by atoms with Crippen molar-refractivity contribution in [1.82, 2.24) is 15.5 Å². The van der Waals surface area contributed by atoms with Gasteiger partial charge in [0.05, 0.1) is 5.02 Å². The summed E-state index contributed by atoms with van der Waals surface area (Å²) in [5.41, 5.74) is 0. The number of nitrogens with zero attached hydrogens (tertiary/aromatic N) is 1. The summed E-state index contributed by atoms with van der Waals surface area (Å²) < 4.78 is 57.6. The van der Waals surface area contributed by atoms with Crippen LogP contribution >= 0.6 is 24.0 Å². The molecule has 1 aromatic rings. The Hall–Kier alpha value is -1.29. The van der Waals surface area contributed by atoms with Crippen molar-refractivity contribution in [3.05, 3.63) is 29.0 Å². The lowest BCUT2D eigenvalue weighted by molar-refractivity contribution is -0.184. The average Bonchev–Trinajstić information content (AvgIpc) is 2.54. The van der Waals surface area contributed by atoms with E-state index < -0.39 is 37.1 Å². The molecular formula is C15H19Cl2F4N3O2. The van der Waals surface area contributed by atoms with Crippen molar-refractivity contribution in [2.45, 2.75) is 12.2 Å². The molecule has 2 N–H and O–H groups in total. The molecule has 11 heteroatoms. The highest BCUT2D eigenvalue weighted by Crippen LogP contribution is 2.25. The maximum Gasteiger partial charge on any atom is 0.405 e. The molecule has 5 nitrogen and oxygen atoms in total. The summed E-state index contributed by atoms with van der Waals surface area (Å²) in [4.78, 5) is 13.0. The molecule has 1 fully saturated rings. The zero-order chi connectivity index (χ0) is 18.4. The molecule has 26 heavy (non-hydrogen) atoms. The number of piperazine rings is 1. The van der Waals surface area contributed by atoms with Crippen LogP contribution in [0.25, 0.3) is 0 Å². The van der Waals surface area contributed by atoms with Crippen LogP contribution in [0.1, 0.15) is 0 Å². The van der Waals surface area contributed by atoms with Crippen LogP contribution in [0.3, 0.4) is 0 Å². The van der Waals surface area contributed by atoms with Gasteiger partial charge in [0.25, 0.3) is 5.91 Å². The first-order valence-corrected chi connectivity index (χ1v) is 8.01. The van der Waals surface area contributed by atoms with Gasteiger partial charge in [0, 0.05) is 32.7 Å². The third-order valence-corrected chi connectivity index (χ3v) is 4.01. The summed E-state index contributed by atoms with van der Waals surface area (Å²) in [6.45, 7) is 0.350. The molecule has 1 amide bonds. The van der Waals surface area contributed by atoms with Gasteiger partial charge in [-0.25, -0.2) is 4.39 Å². The number of amides is 1. The van der Waals surface area contributed by atoms with Gasteiger partial charge < -0.3 is 15.4 Å². The van der Waals surface area contributed by atoms with E-state index in [-0.39, 0.29) is 36.3 Å². The summed E-state index contributed by atoms with van der Waals surface area (Å²) in [7, 11) is 0. The highest BCUT2D eigenvalue weighted by atomic mass is 35.5. The number of benzene rings is 1. The first-order chi connectivity index (χ1) is 11.8. The second kappa shape index (κ2) is 10.1. The van der Waals surface area contributed by atoms with Gasteiger partial charge in [-0.05, 0) is 18.2 Å². The van der Waals surface area contributed by atoms with E-state index in [1.54, 1.807) is 0 Å². The Balaban J connectivity index is 0.00000338. The summed E-state index contributed by atoms with van der Waals surface area (Å²) >= 11 is 5.74. The fourth-order valence-corrected chi connectivity index (χ4v) is 2.66. The van der Waals surface area contributed by atoms with E-state index >= 15 is 0 Å². The van der Waals surface area contributed by atoms with Crippen molar-refractivity contribution >= 4 is 29.9 Å². The Kier molecular flexibility index (Phi) is 8.88. The lowest BCUT2D eigenvalue weighted by Crippen LogP contribution is -2.57. The molecule has 1 aliphatic rings. The van der Waals surface area contributed by atoms with Crippen LogP contribution in [0.4, 0.5) is 17.6 Å². The van der Waals surface area contributed by atoms with Gasteiger partial charge in [-0.2, -0.15) is 13.2 Å². The predicted molar refractivity (Wildman–Crippen MR) is 91.4 cm³/mol. The first-order valence-electron chi connectivity index (χ1n) is 7.63. The summed E-state index contributed by atoms with van der Waals surface area (Å²) in [6, 6.07) is 1.60. The topological polar surface area (TPSA) is 53.6 Å². The van der Waals surface area contributed by atoms with Crippen LogP contribution in [-0.4, -0.2) is 62.4 Å². The van der Waals surface area contributed by atoms with Crippen molar-refractivity contribution in [3.8, 4) is 5.75 Å². The number of alkyl halides is 3. The van der Waals surface area contributed by atoms with E-state index in [0.717, 1.165) is 12.1 Å². The molecule has 1 unspecified atom stereocenters. The van der Waals surface area contributed by atoms with Crippen LogP contribution in [0, 0.1) is 5.82 Å². The van der Waals surface area contributed by atoms with Crippen LogP contribution in [0.2, 0.25) is 5.02 Å². The number of carbonyl (C=O) groups excluding carboxylic acids is 1. The van der Waals surface area contributed by atoms with Crippen LogP contribution in [0.15, 0.2) is 18.2 Å². The minimum atomic E-state index is -4.45. The van der Waals surface area contributed by atoms with Gasteiger partial charge in [-0.3, -0.25) is 9.69 Å². The second-order valence-corrected chi connectivity index (χ2v) is 5.92. The van der Waals surface area contributed by atoms with Gasteiger partial charge in [-0.1, -0.05) is 11.6 Å². The maximum atomic E-state index is 13.2. The van der Waals surface area contributed by atoms with Gasteiger partial charge >= 0.3 is 6.18 Å². The Morgan fingerprint density at radius 2 is 2.00 bits per heavy atom. The molecule has 0 aliphatic carbocycles. The van der Waals surface area contributed by atoms with E-state index in [4.69, 9.17) is 16.3 Å². The van der Waals surface area contributed by atoms with Crippen molar-refractivity contribution in [2.24, 2.45) is 0 Å². The summed E-state index contributed by atoms with van der Waals surface area (Å²) in [5.74, 6) is -1.21. The number of carbonyl (C=O) groups is 1. The molecule has 148 valence electrons. The van der Waals surface area contributed by atoms with Crippen molar-refractivity contribution in [2.75, 3.05) is 39.3 Å². The van der Waals surface area contributed by atoms with Crippen molar-refractivity contribution in [3.63, 3.8) is 0 Å². The third-order valence-electron chi connectivity index (χ3n) is 3.72. The number of nitrogens with one attached hydrogen (secondary N) is 2. The van der Waals surface area contributed by atoms with E-state index in [1.807, 2.05) is 0 Å². The molecule has 1 aliphatic heterocycles. The quantitative estimate of drug-likeness (QED) is 0.694. The number of halogens is 6. The Morgan fingerprint density at radius 1 is 1.35 bits per heavy atom. The standard InChI is InChI=1S/C15H18ClF4N3O2.ClH/c16-11-7-10(17)1-2-12(11)25-9-14(24)22-8-13(15(18,19)20)23-5-3-21-4-6-23;/h1-2,7,13,21H,3-6,8-9H2,(H,22,24);1H. The van der Waals surface area contributed by atoms with Crippen LogP contribution in [-0.2, 0) is 4.79 Å². The smallest absolute Gasteiger partial charge is 0.405 e. The highest BCUT2D eigenvalue weighted by molar-refractivity contribution is 6.32. The van der Waals surface area contributed by atoms with Crippen molar-refractivity contribution in [1.29, 1.82) is 0 Å². The Morgan fingerprint density at radius 3 is 2.58 bits per heavy atom. The van der Waals surface area contributed by atoms with Gasteiger partial charge in [0.1, 0.15) is 17.6 Å². The SMILES string of the molecule is Cl.O=C(COc1ccc(F)cc1Cl)NCC(N1CCNCC1)C(F)(F)F. The number of rotatable bonds is 6. The van der Waals surface area contributed by atoms with E-state index in [9.17, 15) is 22.4 Å². The van der Waals surface area contributed by atoms with E-state index in [1.165, 1.54) is 11.0 Å². The molecule has 1 heterocycles. The average molecular weight is 420 g/mol. The minimum Gasteiger partial charge on any atom is -0.482 e. The Bertz CT molecular complexity index is 599. The van der Waals surface area contributed by atoms with Crippen molar-refractivity contribution < 1.29 is 27.1 Å².